The molecule has 0 aromatic rings. The average molecular weight is 270 g/mol. The number of carbonyl (C=O) groups is 4. The van der Waals surface area contributed by atoms with E-state index in [2.05, 4.69) is 0 Å². The molecule has 0 saturated heterocycles. The monoisotopic (exact) mass is 270 g/mol. The van der Waals surface area contributed by atoms with Crippen molar-refractivity contribution in [2.24, 2.45) is 11.8 Å². The van der Waals surface area contributed by atoms with Gasteiger partial charge < -0.3 is 19.8 Å². The predicted octanol–water partition coefficient (Wildman–Crippen LogP) is -2.46. The van der Waals surface area contributed by atoms with Crippen LogP contribution in [0.5, 0.6) is 0 Å². The molecule has 0 spiro atoms. The van der Waals surface area contributed by atoms with Crippen LogP contribution in [0.2, 0.25) is 0 Å². The van der Waals surface area contributed by atoms with E-state index in [4.69, 9.17) is 0 Å². The first kappa shape index (κ1) is 21.8. The standard InChI is InChI=1S/2C5H8O3.Ca/c2*1-3(4(2)6)5(7)8;/h2*3H,1-2H3,(H,7,8);/q;;+2/p-2. The largest absolute Gasteiger partial charge is 2.00 e. The van der Waals surface area contributed by atoms with Crippen LogP contribution in [0.25, 0.3) is 0 Å². The third-order valence-corrected chi connectivity index (χ3v) is 1.93. The summed E-state index contributed by atoms with van der Waals surface area (Å²) in [6.45, 7) is 5.05. The van der Waals surface area contributed by atoms with Crippen molar-refractivity contribution in [1.29, 1.82) is 0 Å². The maximum atomic E-state index is 10.2. The maximum Gasteiger partial charge on any atom is 2.00 e. The van der Waals surface area contributed by atoms with Crippen LogP contribution in [0.15, 0.2) is 0 Å². The van der Waals surface area contributed by atoms with Crippen molar-refractivity contribution in [2.75, 3.05) is 0 Å². The van der Waals surface area contributed by atoms with Crippen molar-refractivity contribution >= 4 is 61.2 Å². The van der Waals surface area contributed by atoms with Gasteiger partial charge in [0, 0.05) is 0 Å². The molecule has 0 rings (SSSR count). The number of rotatable bonds is 4. The number of Topliss-reactive ketones (excluding diaryl/α,β-unsaturated/α-hetero) is 2. The van der Waals surface area contributed by atoms with Gasteiger partial charge in [-0.25, -0.2) is 0 Å². The fraction of sp³-hybridized carbons (Fsp3) is 0.600. The van der Waals surface area contributed by atoms with Gasteiger partial charge in [0.25, 0.3) is 0 Å². The van der Waals surface area contributed by atoms with Crippen molar-refractivity contribution in [3.8, 4) is 0 Å². The number of hydrogen-bond donors (Lipinski definition) is 0. The van der Waals surface area contributed by atoms with E-state index in [0.29, 0.717) is 0 Å². The third-order valence-electron chi connectivity index (χ3n) is 1.93. The summed E-state index contributed by atoms with van der Waals surface area (Å²) in [5, 5.41) is 19.6. The second kappa shape index (κ2) is 10.7. The number of hydrogen-bond acceptors (Lipinski definition) is 6. The van der Waals surface area contributed by atoms with Crippen molar-refractivity contribution in [2.45, 2.75) is 27.7 Å². The number of carbonyl (C=O) groups excluding carboxylic acids is 4. The Bertz CT molecular complexity index is 241. The molecular formula is C10H14CaO6. The summed E-state index contributed by atoms with van der Waals surface area (Å²) in [5.41, 5.74) is 0. The third kappa shape index (κ3) is 11.8. The van der Waals surface area contributed by atoms with Gasteiger partial charge in [0.2, 0.25) is 0 Å². The quantitative estimate of drug-likeness (QED) is 0.413. The second-order valence-electron chi connectivity index (χ2n) is 3.30. The van der Waals surface area contributed by atoms with Crippen LogP contribution >= 0.6 is 0 Å². The van der Waals surface area contributed by atoms with Crippen molar-refractivity contribution < 1.29 is 29.4 Å². The van der Waals surface area contributed by atoms with Gasteiger partial charge in [-0.1, -0.05) is 13.8 Å². The molecule has 2 unspecified atom stereocenters. The van der Waals surface area contributed by atoms with Gasteiger partial charge in [0.1, 0.15) is 11.6 Å². The normalized spacial score (nSPS) is 12.0. The maximum absolute atomic E-state index is 10.2. The van der Waals surface area contributed by atoms with E-state index < -0.39 is 23.8 Å². The zero-order chi connectivity index (χ0) is 13.5. The van der Waals surface area contributed by atoms with E-state index in [1.807, 2.05) is 0 Å². The van der Waals surface area contributed by atoms with Gasteiger partial charge in [0.15, 0.2) is 0 Å². The molecule has 0 amide bonds. The van der Waals surface area contributed by atoms with Crippen molar-refractivity contribution in [3.63, 3.8) is 0 Å². The first-order valence-corrected chi connectivity index (χ1v) is 4.53. The molecule has 0 aliphatic heterocycles. The van der Waals surface area contributed by atoms with Gasteiger partial charge in [-0.2, -0.15) is 0 Å². The Hall–Kier alpha value is -0.460. The smallest absolute Gasteiger partial charge is 0.549 e. The average Bonchev–Trinajstić information content (AvgIpc) is 2.15. The SMILES string of the molecule is CC(=O)C(C)C(=O)[O-].CC(=O)C(C)C(=O)[O-].[Ca+2]. The summed E-state index contributed by atoms with van der Waals surface area (Å²) in [6, 6.07) is 0. The van der Waals surface area contributed by atoms with Crippen molar-refractivity contribution in [3.05, 3.63) is 0 Å². The zero-order valence-corrected chi connectivity index (χ0v) is 12.5. The molecule has 92 valence electrons. The Morgan fingerprint density at radius 1 is 0.765 bits per heavy atom. The van der Waals surface area contributed by atoms with E-state index in [0.717, 1.165) is 0 Å². The molecule has 0 aromatic carbocycles. The summed E-state index contributed by atoms with van der Waals surface area (Å²) < 4.78 is 0. The molecule has 0 heterocycles. The van der Waals surface area contributed by atoms with Crippen LogP contribution in [0.1, 0.15) is 27.7 Å². The van der Waals surface area contributed by atoms with E-state index in [1.165, 1.54) is 27.7 Å². The number of ketones is 2. The van der Waals surface area contributed by atoms with Crippen LogP contribution in [0, 0.1) is 11.8 Å². The molecule has 0 aromatic heterocycles. The molecule has 0 aliphatic rings. The van der Waals surface area contributed by atoms with E-state index in [-0.39, 0.29) is 49.3 Å². The van der Waals surface area contributed by atoms with Crippen LogP contribution in [0.3, 0.4) is 0 Å². The molecule has 0 fully saturated rings. The fourth-order valence-electron chi connectivity index (χ4n) is 0.332. The Morgan fingerprint density at radius 2 is 0.941 bits per heavy atom. The number of aliphatic carboxylic acids is 2. The Morgan fingerprint density at radius 3 is 0.941 bits per heavy atom. The summed E-state index contributed by atoms with van der Waals surface area (Å²) in [4.78, 5) is 39.9. The second-order valence-corrected chi connectivity index (χ2v) is 3.30. The molecule has 7 heteroatoms. The number of carboxylic acids is 2. The minimum absolute atomic E-state index is 0. The van der Waals surface area contributed by atoms with Crippen LogP contribution in [0.4, 0.5) is 0 Å². The number of carboxylic acid groups (broad SMARTS) is 2. The fourth-order valence-corrected chi connectivity index (χ4v) is 0.332. The Labute approximate surface area is 129 Å². The summed E-state index contributed by atoms with van der Waals surface area (Å²) >= 11 is 0. The Kier molecular flexibility index (Phi) is 13.7. The van der Waals surface area contributed by atoms with Crippen LogP contribution in [-0.4, -0.2) is 61.2 Å². The molecule has 2 atom stereocenters. The Balaban J connectivity index is -0.000000218. The van der Waals surface area contributed by atoms with E-state index in [1.54, 1.807) is 0 Å². The van der Waals surface area contributed by atoms with Crippen molar-refractivity contribution in [1.82, 2.24) is 0 Å². The topological polar surface area (TPSA) is 114 Å². The van der Waals surface area contributed by atoms with Crippen LogP contribution in [-0.2, 0) is 19.2 Å². The van der Waals surface area contributed by atoms with Gasteiger partial charge in [0.05, 0.1) is 23.8 Å². The zero-order valence-electron chi connectivity index (χ0n) is 10.3. The van der Waals surface area contributed by atoms with E-state index >= 15 is 0 Å². The van der Waals surface area contributed by atoms with Gasteiger partial charge in [-0.3, -0.25) is 9.59 Å². The van der Waals surface area contributed by atoms with Gasteiger partial charge >= 0.3 is 37.7 Å². The molecule has 0 aliphatic carbocycles. The molecule has 17 heavy (non-hydrogen) atoms. The molecule has 0 N–H and O–H groups in total. The molecule has 0 saturated carbocycles. The summed E-state index contributed by atoms with van der Waals surface area (Å²) in [6.07, 6.45) is 0. The molecule has 6 nitrogen and oxygen atoms in total. The van der Waals surface area contributed by atoms with Gasteiger partial charge in [-0.05, 0) is 13.8 Å². The van der Waals surface area contributed by atoms with Crippen LogP contribution < -0.4 is 10.2 Å². The predicted molar refractivity (Wildman–Crippen MR) is 55.5 cm³/mol. The molecule has 0 radical (unpaired) electrons. The molecule has 0 bridgehead atoms. The first-order chi connectivity index (χ1) is 7.11. The summed E-state index contributed by atoms with van der Waals surface area (Å²) in [7, 11) is 0. The van der Waals surface area contributed by atoms with Gasteiger partial charge in [-0.15, -0.1) is 0 Å². The molecular weight excluding hydrogens is 256 g/mol. The first-order valence-electron chi connectivity index (χ1n) is 4.53. The van der Waals surface area contributed by atoms with E-state index in [9.17, 15) is 29.4 Å². The minimum atomic E-state index is -1.31. The minimum Gasteiger partial charge on any atom is -0.549 e. The summed E-state index contributed by atoms with van der Waals surface area (Å²) in [5.74, 6) is -5.28.